The Labute approximate surface area is 184 Å². The van der Waals surface area contributed by atoms with Crippen molar-refractivity contribution in [2.75, 3.05) is 18.4 Å². The number of amides is 1. The Morgan fingerprint density at radius 1 is 1.17 bits per heavy atom. The van der Waals surface area contributed by atoms with Crippen LogP contribution in [0, 0.1) is 12.8 Å². The number of nitrogens with zero attached hydrogens (tertiary/aromatic N) is 2. The van der Waals surface area contributed by atoms with Crippen LogP contribution in [0.4, 0.5) is 5.69 Å². The molecular weight excluding hydrogens is 407 g/mol. The number of fused-ring (bicyclic) bond motifs is 1. The van der Waals surface area contributed by atoms with Gasteiger partial charge in [0.15, 0.2) is 0 Å². The number of imidazole rings is 1. The molecule has 7 heteroatoms. The second-order valence-electron chi connectivity index (χ2n) is 7.41. The normalized spacial score (nSPS) is 14.1. The van der Waals surface area contributed by atoms with E-state index in [1.165, 1.54) is 12.8 Å². The standard InChI is InChI=1S/C22H26N4O.2ClH/c1-16-3-2-14-26-15-20(25-22(16)26)18-5-7-19(8-6-18)24-21(27)9-4-17-10-12-23-13-11-17;;/h2-3,5-8,14-15,17,23H,4,9-13H2,1H3,(H,24,27);2*1H. The molecule has 5 nitrogen and oxygen atoms in total. The Morgan fingerprint density at radius 2 is 1.90 bits per heavy atom. The number of aromatic nitrogens is 2. The van der Waals surface area contributed by atoms with E-state index in [2.05, 4.69) is 23.6 Å². The third-order valence-electron chi connectivity index (χ3n) is 5.38. The molecule has 1 aliphatic rings. The maximum Gasteiger partial charge on any atom is 0.224 e. The predicted octanol–water partition coefficient (Wildman–Crippen LogP) is 4.87. The number of benzene rings is 1. The second kappa shape index (κ2) is 10.6. The molecule has 1 aromatic carbocycles. The first-order valence-electron chi connectivity index (χ1n) is 9.74. The van der Waals surface area contributed by atoms with Gasteiger partial charge in [-0.05, 0) is 69.0 Å². The molecule has 3 aromatic rings. The summed E-state index contributed by atoms with van der Waals surface area (Å²) < 4.78 is 2.04. The molecule has 0 atom stereocenters. The van der Waals surface area contributed by atoms with Gasteiger partial charge in [-0.15, -0.1) is 24.8 Å². The fourth-order valence-corrected chi connectivity index (χ4v) is 3.75. The summed E-state index contributed by atoms with van der Waals surface area (Å²) >= 11 is 0. The van der Waals surface area contributed by atoms with Gasteiger partial charge in [-0.2, -0.15) is 0 Å². The summed E-state index contributed by atoms with van der Waals surface area (Å²) in [5, 5.41) is 6.38. The smallest absolute Gasteiger partial charge is 0.224 e. The number of anilines is 1. The van der Waals surface area contributed by atoms with Crippen LogP contribution in [0.3, 0.4) is 0 Å². The van der Waals surface area contributed by atoms with E-state index >= 15 is 0 Å². The third-order valence-corrected chi connectivity index (χ3v) is 5.38. The first-order valence-corrected chi connectivity index (χ1v) is 9.74. The fraction of sp³-hybridized carbons (Fsp3) is 0.364. The van der Waals surface area contributed by atoms with Crippen molar-refractivity contribution in [3.63, 3.8) is 0 Å². The van der Waals surface area contributed by atoms with Crippen molar-refractivity contribution < 1.29 is 4.79 Å². The molecule has 156 valence electrons. The van der Waals surface area contributed by atoms with Crippen molar-refractivity contribution in [3.05, 3.63) is 54.4 Å². The van der Waals surface area contributed by atoms with Crippen LogP contribution in [-0.2, 0) is 4.79 Å². The molecule has 0 saturated carbocycles. The summed E-state index contributed by atoms with van der Waals surface area (Å²) in [5.41, 5.74) is 4.96. The van der Waals surface area contributed by atoms with Gasteiger partial charge in [-0.25, -0.2) is 4.98 Å². The molecule has 4 rings (SSSR count). The summed E-state index contributed by atoms with van der Waals surface area (Å²) in [6.45, 7) is 4.22. The Bertz CT molecular complexity index is 934. The summed E-state index contributed by atoms with van der Waals surface area (Å²) in [6, 6.07) is 12.0. The van der Waals surface area contributed by atoms with Crippen LogP contribution in [0.1, 0.15) is 31.2 Å². The highest BCUT2D eigenvalue weighted by molar-refractivity contribution is 5.91. The Kier molecular flexibility index (Phi) is 8.50. The van der Waals surface area contributed by atoms with Crippen molar-refractivity contribution >= 4 is 42.1 Å². The summed E-state index contributed by atoms with van der Waals surface area (Å²) in [4.78, 5) is 16.9. The average molecular weight is 435 g/mol. The number of carbonyl (C=O) groups is 1. The van der Waals surface area contributed by atoms with Gasteiger partial charge in [0.1, 0.15) is 5.65 Å². The molecular formula is C22H28Cl2N4O. The Hall–Kier alpha value is -2.08. The molecule has 0 aliphatic carbocycles. The fourth-order valence-electron chi connectivity index (χ4n) is 3.75. The average Bonchev–Trinajstić information content (AvgIpc) is 3.14. The number of hydrogen-bond donors (Lipinski definition) is 2. The number of aryl methyl sites for hydroxylation is 1. The minimum atomic E-state index is 0. The van der Waals surface area contributed by atoms with Gasteiger partial charge >= 0.3 is 0 Å². The molecule has 0 spiro atoms. The molecule has 0 unspecified atom stereocenters. The van der Waals surface area contributed by atoms with Crippen LogP contribution in [0.5, 0.6) is 0 Å². The molecule has 1 saturated heterocycles. The molecule has 2 aromatic heterocycles. The van der Waals surface area contributed by atoms with E-state index in [0.717, 1.165) is 47.7 Å². The highest BCUT2D eigenvalue weighted by atomic mass is 35.5. The predicted molar refractivity (Wildman–Crippen MR) is 123 cm³/mol. The number of halogens is 2. The molecule has 1 fully saturated rings. The zero-order valence-electron chi connectivity index (χ0n) is 16.6. The number of nitrogens with one attached hydrogen (secondary N) is 2. The summed E-state index contributed by atoms with van der Waals surface area (Å²) in [7, 11) is 0. The summed E-state index contributed by atoms with van der Waals surface area (Å²) in [5.74, 6) is 0.780. The van der Waals surface area contributed by atoms with Gasteiger partial charge < -0.3 is 15.0 Å². The van der Waals surface area contributed by atoms with Crippen molar-refractivity contribution in [2.45, 2.75) is 32.6 Å². The topological polar surface area (TPSA) is 58.4 Å². The van der Waals surface area contributed by atoms with E-state index in [0.29, 0.717) is 12.3 Å². The minimum Gasteiger partial charge on any atom is -0.326 e. The van der Waals surface area contributed by atoms with E-state index in [1.54, 1.807) is 0 Å². The monoisotopic (exact) mass is 434 g/mol. The molecule has 1 amide bonds. The van der Waals surface area contributed by atoms with Gasteiger partial charge in [0.25, 0.3) is 0 Å². The molecule has 2 N–H and O–H groups in total. The highest BCUT2D eigenvalue weighted by Crippen LogP contribution is 2.23. The number of hydrogen-bond acceptors (Lipinski definition) is 3. The van der Waals surface area contributed by atoms with E-state index in [4.69, 9.17) is 4.98 Å². The maximum atomic E-state index is 12.2. The van der Waals surface area contributed by atoms with Gasteiger partial charge in [0.2, 0.25) is 5.91 Å². The zero-order chi connectivity index (χ0) is 18.6. The maximum absolute atomic E-state index is 12.2. The Morgan fingerprint density at radius 3 is 2.59 bits per heavy atom. The minimum absolute atomic E-state index is 0. The molecule has 1 aliphatic heterocycles. The lowest BCUT2D eigenvalue weighted by Gasteiger charge is -2.22. The number of pyridine rings is 1. The number of piperidine rings is 1. The SMILES string of the molecule is Cc1cccn2cc(-c3ccc(NC(=O)CCC4CCNCC4)cc3)nc12.Cl.Cl. The van der Waals surface area contributed by atoms with Crippen LogP contribution in [0.25, 0.3) is 16.9 Å². The summed E-state index contributed by atoms with van der Waals surface area (Å²) in [6.07, 6.45) is 7.98. The van der Waals surface area contributed by atoms with Crippen LogP contribution in [0.15, 0.2) is 48.8 Å². The van der Waals surface area contributed by atoms with E-state index in [-0.39, 0.29) is 30.7 Å². The van der Waals surface area contributed by atoms with Crippen molar-refractivity contribution in [2.24, 2.45) is 5.92 Å². The van der Waals surface area contributed by atoms with E-state index in [1.807, 2.05) is 47.1 Å². The highest BCUT2D eigenvalue weighted by Gasteiger charge is 2.14. The first-order chi connectivity index (χ1) is 13.2. The van der Waals surface area contributed by atoms with E-state index in [9.17, 15) is 4.79 Å². The largest absolute Gasteiger partial charge is 0.326 e. The second-order valence-corrected chi connectivity index (χ2v) is 7.41. The van der Waals surface area contributed by atoms with Crippen molar-refractivity contribution in [1.29, 1.82) is 0 Å². The van der Waals surface area contributed by atoms with E-state index < -0.39 is 0 Å². The van der Waals surface area contributed by atoms with Crippen LogP contribution >= 0.6 is 24.8 Å². The lowest BCUT2D eigenvalue weighted by atomic mass is 9.93. The zero-order valence-corrected chi connectivity index (χ0v) is 18.2. The molecule has 3 heterocycles. The molecule has 0 bridgehead atoms. The van der Waals surface area contributed by atoms with Gasteiger partial charge in [0, 0.05) is 30.1 Å². The third kappa shape index (κ3) is 5.72. The van der Waals surface area contributed by atoms with Crippen LogP contribution in [-0.4, -0.2) is 28.4 Å². The number of rotatable bonds is 5. The molecule has 29 heavy (non-hydrogen) atoms. The van der Waals surface area contributed by atoms with Crippen molar-refractivity contribution in [1.82, 2.24) is 14.7 Å². The van der Waals surface area contributed by atoms with Gasteiger partial charge in [0.05, 0.1) is 5.69 Å². The van der Waals surface area contributed by atoms with Crippen molar-refractivity contribution in [3.8, 4) is 11.3 Å². The number of carbonyl (C=O) groups excluding carboxylic acids is 1. The van der Waals surface area contributed by atoms with Gasteiger partial charge in [-0.1, -0.05) is 18.2 Å². The Balaban J connectivity index is 0.00000150. The van der Waals surface area contributed by atoms with Crippen LogP contribution < -0.4 is 10.6 Å². The van der Waals surface area contributed by atoms with Crippen LogP contribution in [0.2, 0.25) is 0 Å². The molecule has 0 radical (unpaired) electrons. The first kappa shape index (κ1) is 23.2. The lowest BCUT2D eigenvalue weighted by molar-refractivity contribution is -0.116. The van der Waals surface area contributed by atoms with Gasteiger partial charge in [-0.3, -0.25) is 4.79 Å². The lowest BCUT2D eigenvalue weighted by Crippen LogP contribution is -2.28. The quantitative estimate of drug-likeness (QED) is 0.601.